The van der Waals surface area contributed by atoms with Crippen molar-refractivity contribution in [1.82, 2.24) is 9.78 Å². The zero-order chi connectivity index (χ0) is 13.0. The number of rotatable bonds is 5. The fourth-order valence-electron chi connectivity index (χ4n) is 1.81. The fourth-order valence-corrected chi connectivity index (χ4v) is 2.21. The summed E-state index contributed by atoms with van der Waals surface area (Å²) in [5.74, 6) is 0.0357. The number of nitrogens with zero attached hydrogens (tertiary/aromatic N) is 2. The molecule has 0 radical (unpaired) electrons. The Hall–Kier alpha value is -1.55. The number of benzene rings is 1. The van der Waals surface area contributed by atoms with Crippen molar-refractivity contribution < 1.29 is 4.79 Å². The molecule has 0 saturated carbocycles. The van der Waals surface area contributed by atoms with Crippen LogP contribution < -0.4 is 0 Å². The van der Waals surface area contributed by atoms with Gasteiger partial charge in [0.15, 0.2) is 0 Å². The van der Waals surface area contributed by atoms with E-state index in [0.717, 1.165) is 17.9 Å². The first kappa shape index (κ1) is 12.9. The highest BCUT2D eigenvalue weighted by Gasteiger charge is 2.13. The molecular weight excluding hydrogens is 244 g/mol. The van der Waals surface area contributed by atoms with Gasteiger partial charge in [-0.1, -0.05) is 6.92 Å². The van der Waals surface area contributed by atoms with Crippen LogP contribution in [-0.4, -0.2) is 21.8 Å². The minimum Gasteiger partial charge on any atom is -0.287 e. The predicted octanol–water partition coefficient (Wildman–Crippen LogP) is 3.25. The van der Waals surface area contributed by atoms with Crippen molar-refractivity contribution in [2.24, 2.45) is 0 Å². The Bertz CT molecular complexity index is 531. The molecule has 94 valence electrons. The molecule has 0 aliphatic heterocycles. The molecular formula is C14H16N2OS. The smallest absolute Gasteiger partial charge is 0.211 e. The highest BCUT2D eigenvalue weighted by atomic mass is 32.2. The zero-order valence-electron chi connectivity index (χ0n) is 10.6. The van der Waals surface area contributed by atoms with Crippen LogP contribution in [0.1, 0.15) is 29.4 Å². The van der Waals surface area contributed by atoms with Crippen LogP contribution >= 0.6 is 11.8 Å². The van der Waals surface area contributed by atoms with E-state index in [0.29, 0.717) is 11.3 Å². The van der Waals surface area contributed by atoms with Gasteiger partial charge >= 0.3 is 0 Å². The number of aromatic nitrogens is 2. The monoisotopic (exact) mass is 260 g/mol. The normalized spacial score (nSPS) is 10.6. The highest BCUT2D eigenvalue weighted by Crippen LogP contribution is 2.17. The molecule has 0 spiro atoms. The molecule has 0 fully saturated rings. The molecule has 1 aromatic carbocycles. The number of ketones is 1. The van der Waals surface area contributed by atoms with E-state index >= 15 is 0 Å². The maximum absolute atomic E-state index is 12.3. The summed E-state index contributed by atoms with van der Waals surface area (Å²) in [5, 5.41) is 4.18. The number of thioether (sulfide) groups is 1. The summed E-state index contributed by atoms with van der Waals surface area (Å²) in [7, 11) is 0. The molecule has 0 N–H and O–H groups in total. The van der Waals surface area contributed by atoms with Crippen molar-refractivity contribution in [2.75, 3.05) is 6.26 Å². The van der Waals surface area contributed by atoms with Gasteiger partial charge in [0.1, 0.15) is 5.69 Å². The number of carbonyl (C=O) groups is 1. The molecule has 1 heterocycles. The third-order valence-corrected chi connectivity index (χ3v) is 3.48. The van der Waals surface area contributed by atoms with Gasteiger partial charge in [0.2, 0.25) is 5.78 Å². The van der Waals surface area contributed by atoms with Gasteiger partial charge in [0.25, 0.3) is 0 Å². The summed E-state index contributed by atoms with van der Waals surface area (Å²) >= 11 is 1.67. The summed E-state index contributed by atoms with van der Waals surface area (Å²) < 4.78 is 1.77. The third kappa shape index (κ3) is 2.64. The fraction of sp³-hybridized carbons (Fsp3) is 0.286. The van der Waals surface area contributed by atoms with Crippen LogP contribution in [-0.2, 0) is 6.54 Å². The van der Waals surface area contributed by atoms with Crippen LogP contribution in [0.25, 0.3) is 0 Å². The molecule has 2 rings (SSSR count). The van der Waals surface area contributed by atoms with Crippen molar-refractivity contribution in [1.29, 1.82) is 0 Å². The van der Waals surface area contributed by atoms with E-state index in [1.54, 1.807) is 28.7 Å². The summed E-state index contributed by atoms with van der Waals surface area (Å²) in [4.78, 5) is 13.5. The van der Waals surface area contributed by atoms with Crippen LogP contribution in [0.15, 0.2) is 41.4 Å². The van der Waals surface area contributed by atoms with Crippen molar-refractivity contribution >= 4 is 17.5 Å². The quantitative estimate of drug-likeness (QED) is 0.611. The molecule has 4 heteroatoms. The van der Waals surface area contributed by atoms with Gasteiger partial charge in [-0.2, -0.15) is 5.10 Å². The van der Waals surface area contributed by atoms with Gasteiger partial charge in [-0.05, 0) is 43.0 Å². The van der Waals surface area contributed by atoms with Crippen molar-refractivity contribution in [3.05, 3.63) is 47.8 Å². The molecule has 18 heavy (non-hydrogen) atoms. The summed E-state index contributed by atoms with van der Waals surface area (Å²) in [6.07, 6.45) is 4.67. The average molecular weight is 260 g/mol. The van der Waals surface area contributed by atoms with Crippen molar-refractivity contribution in [2.45, 2.75) is 24.8 Å². The molecule has 0 bridgehead atoms. The Labute approximate surface area is 111 Å². The number of carbonyl (C=O) groups excluding carboxylic acids is 1. The lowest BCUT2D eigenvalue weighted by Crippen LogP contribution is -2.11. The van der Waals surface area contributed by atoms with Crippen LogP contribution in [0, 0.1) is 0 Å². The Morgan fingerprint density at radius 1 is 1.28 bits per heavy atom. The molecule has 0 amide bonds. The summed E-state index contributed by atoms with van der Waals surface area (Å²) in [6, 6.07) is 9.46. The van der Waals surface area contributed by atoms with Crippen molar-refractivity contribution in [3.8, 4) is 0 Å². The zero-order valence-corrected chi connectivity index (χ0v) is 11.4. The first-order valence-corrected chi connectivity index (χ1v) is 7.19. The van der Waals surface area contributed by atoms with Gasteiger partial charge < -0.3 is 0 Å². The summed E-state index contributed by atoms with van der Waals surface area (Å²) in [5.41, 5.74) is 1.37. The molecule has 0 unspecified atom stereocenters. The Balaban J connectivity index is 2.26. The largest absolute Gasteiger partial charge is 0.287 e. The maximum atomic E-state index is 12.3. The topological polar surface area (TPSA) is 34.9 Å². The minimum absolute atomic E-state index is 0.0357. The van der Waals surface area contributed by atoms with E-state index in [1.807, 2.05) is 30.5 Å². The molecule has 0 saturated heterocycles. The Morgan fingerprint density at radius 2 is 2.00 bits per heavy atom. The van der Waals surface area contributed by atoms with Crippen LogP contribution in [0.4, 0.5) is 0 Å². The van der Waals surface area contributed by atoms with Crippen LogP contribution in [0.2, 0.25) is 0 Å². The van der Waals surface area contributed by atoms with Crippen LogP contribution in [0.5, 0.6) is 0 Å². The molecule has 1 aromatic heterocycles. The lowest BCUT2D eigenvalue weighted by Gasteiger charge is -2.05. The van der Waals surface area contributed by atoms with E-state index in [1.165, 1.54) is 0 Å². The molecule has 2 aromatic rings. The standard InChI is InChI=1S/C14H16N2OS/c1-3-10-16-13(8-9-15-16)14(17)11-4-6-12(18-2)7-5-11/h4-9H,3,10H2,1-2H3. The third-order valence-electron chi connectivity index (χ3n) is 2.74. The van der Waals surface area contributed by atoms with E-state index in [-0.39, 0.29) is 5.78 Å². The van der Waals surface area contributed by atoms with E-state index in [9.17, 15) is 4.79 Å². The Morgan fingerprint density at radius 3 is 2.61 bits per heavy atom. The number of aryl methyl sites for hydroxylation is 1. The lowest BCUT2D eigenvalue weighted by atomic mass is 10.1. The SMILES string of the molecule is CCCn1nccc1C(=O)c1ccc(SC)cc1. The predicted molar refractivity (Wildman–Crippen MR) is 74.2 cm³/mol. The Kier molecular flexibility index (Phi) is 4.20. The van der Waals surface area contributed by atoms with Crippen molar-refractivity contribution in [3.63, 3.8) is 0 Å². The molecule has 0 aliphatic rings. The van der Waals surface area contributed by atoms with Gasteiger partial charge in [-0.3, -0.25) is 9.48 Å². The van der Waals surface area contributed by atoms with Gasteiger partial charge in [0, 0.05) is 23.2 Å². The first-order chi connectivity index (χ1) is 8.76. The summed E-state index contributed by atoms with van der Waals surface area (Å²) in [6.45, 7) is 2.85. The first-order valence-electron chi connectivity index (χ1n) is 5.97. The second-order valence-electron chi connectivity index (χ2n) is 4.00. The second-order valence-corrected chi connectivity index (χ2v) is 4.88. The lowest BCUT2D eigenvalue weighted by molar-refractivity contribution is 0.102. The van der Waals surface area contributed by atoms with Gasteiger partial charge in [-0.15, -0.1) is 11.8 Å². The highest BCUT2D eigenvalue weighted by molar-refractivity contribution is 7.98. The average Bonchev–Trinajstić information content (AvgIpc) is 2.87. The molecule has 0 atom stereocenters. The molecule has 3 nitrogen and oxygen atoms in total. The number of hydrogen-bond donors (Lipinski definition) is 0. The van der Waals surface area contributed by atoms with E-state index in [2.05, 4.69) is 12.0 Å². The van der Waals surface area contributed by atoms with Gasteiger partial charge in [0.05, 0.1) is 0 Å². The molecule has 0 aliphatic carbocycles. The maximum Gasteiger partial charge on any atom is 0.211 e. The number of hydrogen-bond acceptors (Lipinski definition) is 3. The van der Waals surface area contributed by atoms with Gasteiger partial charge in [-0.25, -0.2) is 0 Å². The minimum atomic E-state index is 0.0357. The van der Waals surface area contributed by atoms with E-state index < -0.39 is 0 Å². The second kappa shape index (κ2) is 5.87. The van der Waals surface area contributed by atoms with E-state index in [4.69, 9.17) is 0 Å². The van der Waals surface area contributed by atoms with Crippen LogP contribution in [0.3, 0.4) is 0 Å².